The van der Waals surface area contributed by atoms with Crippen molar-refractivity contribution in [1.29, 1.82) is 0 Å². The molecule has 2 aliphatic carbocycles. The number of fused-ring (bicyclic) bond motifs is 5. The molecule has 3 heterocycles. The van der Waals surface area contributed by atoms with Gasteiger partial charge in [0.1, 0.15) is 23.6 Å². The van der Waals surface area contributed by atoms with Crippen molar-refractivity contribution in [3.8, 4) is 17.2 Å². The Balaban J connectivity index is 1.48. The fourth-order valence-corrected chi connectivity index (χ4v) is 6.09. The molecule has 1 N–H and O–H groups in total. The monoisotopic (exact) mass is 489 g/mol. The van der Waals surface area contributed by atoms with E-state index in [9.17, 15) is 13.9 Å². The molecule has 0 saturated heterocycles. The predicted octanol–water partition coefficient (Wildman–Crippen LogP) is 4.22. The van der Waals surface area contributed by atoms with Crippen LogP contribution in [0.1, 0.15) is 69.2 Å². The minimum absolute atomic E-state index is 0.128. The zero-order valence-electron chi connectivity index (χ0n) is 20.4. The topological polar surface area (TPSA) is 102 Å². The summed E-state index contributed by atoms with van der Waals surface area (Å²) in [4.78, 5) is 13.4. The Morgan fingerprint density at radius 1 is 1.08 bits per heavy atom. The molecule has 2 aliphatic rings. The van der Waals surface area contributed by atoms with E-state index in [1.54, 1.807) is 26.1 Å². The van der Waals surface area contributed by atoms with Crippen molar-refractivity contribution < 1.29 is 13.9 Å². The summed E-state index contributed by atoms with van der Waals surface area (Å²) in [6.07, 6.45) is 4.85. The van der Waals surface area contributed by atoms with Crippen molar-refractivity contribution in [3.63, 3.8) is 0 Å². The summed E-state index contributed by atoms with van der Waals surface area (Å²) in [6.45, 7) is 7.58. The number of hydrogen-bond acceptors (Lipinski definition) is 7. The molecular weight excluding hydrogens is 464 g/mol. The first-order valence-electron chi connectivity index (χ1n) is 11.8. The van der Waals surface area contributed by atoms with Crippen LogP contribution in [0, 0.1) is 17.0 Å². The van der Waals surface area contributed by atoms with Gasteiger partial charge in [-0.3, -0.25) is 0 Å². The lowest BCUT2D eigenvalue weighted by Gasteiger charge is -2.37. The Hall–Kier alpha value is -3.66. The molecule has 36 heavy (non-hydrogen) atoms. The van der Waals surface area contributed by atoms with Gasteiger partial charge >= 0.3 is 0 Å². The van der Waals surface area contributed by atoms with Crippen molar-refractivity contribution in [2.45, 2.75) is 57.5 Å². The highest BCUT2D eigenvalue weighted by Crippen LogP contribution is 2.69. The normalized spacial score (nSPS) is 22.1. The smallest absolute Gasteiger partial charge is 0.252 e. The van der Waals surface area contributed by atoms with Gasteiger partial charge in [-0.05, 0) is 67.9 Å². The fraction of sp³-hybridized carbons (Fsp3) is 0.385. The molecule has 3 aromatic heterocycles. The van der Waals surface area contributed by atoms with E-state index in [1.807, 2.05) is 6.07 Å². The largest absolute Gasteiger partial charge is 0.382 e. The molecular formula is C26H25F2N7O. The summed E-state index contributed by atoms with van der Waals surface area (Å²) in [5, 5.41) is 23.4. The number of aliphatic hydroxyl groups is 1. The first kappa shape index (κ1) is 22.8. The molecule has 0 amide bonds. The fourth-order valence-electron chi connectivity index (χ4n) is 6.09. The third-order valence-corrected chi connectivity index (χ3v) is 7.93. The highest BCUT2D eigenvalue weighted by atomic mass is 19.1. The van der Waals surface area contributed by atoms with Gasteiger partial charge in [0.15, 0.2) is 5.82 Å². The third kappa shape index (κ3) is 3.00. The van der Waals surface area contributed by atoms with E-state index in [-0.39, 0.29) is 28.4 Å². The first-order chi connectivity index (χ1) is 17.0. The van der Waals surface area contributed by atoms with E-state index in [4.69, 9.17) is 4.98 Å². The molecule has 0 aliphatic heterocycles. The Morgan fingerprint density at radius 3 is 2.53 bits per heavy atom. The first-order valence-corrected chi connectivity index (χ1v) is 11.8. The van der Waals surface area contributed by atoms with Crippen LogP contribution >= 0.6 is 0 Å². The zero-order valence-corrected chi connectivity index (χ0v) is 20.4. The summed E-state index contributed by atoms with van der Waals surface area (Å²) in [7, 11) is 0. The van der Waals surface area contributed by atoms with Gasteiger partial charge < -0.3 is 5.11 Å². The number of rotatable bonds is 4. The molecule has 0 radical (unpaired) electrons. The van der Waals surface area contributed by atoms with Crippen LogP contribution < -0.4 is 0 Å². The molecule has 1 aromatic carbocycles. The third-order valence-electron chi connectivity index (χ3n) is 7.93. The SMILES string of the molecule is CC(C)(O)c1ncn(-c2nccc([C@@]34CC[C@@H](c5cc(-c6c(F)cccc6F)nnc53)C4(C)C)n2)n1. The Labute approximate surface area is 206 Å². The molecule has 6 rings (SSSR count). The minimum Gasteiger partial charge on any atom is -0.382 e. The number of halogens is 2. The maximum Gasteiger partial charge on any atom is 0.252 e. The van der Waals surface area contributed by atoms with Gasteiger partial charge in [0.05, 0.1) is 28.1 Å². The van der Waals surface area contributed by atoms with Crippen LogP contribution in [0.5, 0.6) is 0 Å². The van der Waals surface area contributed by atoms with Crippen LogP contribution in [-0.2, 0) is 11.0 Å². The number of hydrogen-bond donors (Lipinski definition) is 1. The minimum atomic E-state index is -1.20. The standard InChI is InChI=1S/C26H25F2N7O/c1-24(2)15-8-10-26(24,19-9-11-29-23(31-19)35-13-30-22(34-35)25(3,4)36)21-14(15)12-18(32-33-21)20-16(27)6-5-7-17(20)28/h5-7,9,11-13,15,36H,8,10H2,1-4H3/t15-,26-/m0/s1. The van der Waals surface area contributed by atoms with Gasteiger partial charge in [0.2, 0.25) is 0 Å². The highest BCUT2D eigenvalue weighted by molar-refractivity contribution is 5.64. The average Bonchev–Trinajstić information content (AvgIpc) is 3.48. The zero-order chi connectivity index (χ0) is 25.5. The van der Waals surface area contributed by atoms with Crippen LogP contribution in [0.15, 0.2) is 42.9 Å². The summed E-state index contributed by atoms with van der Waals surface area (Å²) in [6, 6.07) is 7.44. The Kier molecular flexibility index (Phi) is 4.70. The van der Waals surface area contributed by atoms with E-state index in [1.165, 1.54) is 29.2 Å². The van der Waals surface area contributed by atoms with Crippen LogP contribution in [0.3, 0.4) is 0 Å². The molecule has 10 heteroatoms. The summed E-state index contributed by atoms with van der Waals surface area (Å²) in [5.74, 6) is -0.611. The van der Waals surface area contributed by atoms with Crippen LogP contribution in [0.4, 0.5) is 8.78 Å². The molecule has 4 aromatic rings. The predicted molar refractivity (Wildman–Crippen MR) is 126 cm³/mol. The maximum atomic E-state index is 14.5. The van der Waals surface area contributed by atoms with Gasteiger partial charge in [-0.1, -0.05) is 19.9 Å². The van der Waals surface area contributed by atoms with Crippen LogP contribution in [0.25, 0.3) is 17.2 Å². The number of nitrogens with zero attached hydrogens (tertiary/aromatic N) is 7. The van der Waals surface area contributed by atoms with Crippen molar-refractivity contribution in [2.75, 3.05) is 0 Å². The lowest BCUT2D eigenvalue weighted by molar-refractivity contribution is 0.0688. The number of benzene rings is 1. The lowest BCUT2D eigenvalue weighted by atomic mass is 9.66. The van der Waals surface area contributed by atoms with Gasteiger partial charge in [-0.15, -0.1) is 10.2 Å². The molecule has 184 valence electrons. The Bertz CT molecular complexity index is 1490. The lowest BCUT2D eigenvalue weighted by Crippen LogP contribution is -2.38. The van der Waals surface area contributed by atoms with Crippen LogP contribution in [-0.4, -0.2) is 40.0 Å². The highest BCUT2D eigenvalue weighted by Gasteiger charge is 2.65. The second-order valence-electron chi connectivity index (χ2n) is 10.7. The maximum absolute atomic E-state index is 14.5. The molecule has 1 saturated carbocycles. The van der Waals surface area contributed by atoms with Gasteiger partial charge in [0.25, 0.3) is 5.95 Å². The van der Waals surface area contributed by atoms with E-state index < -0.39 is 22.7 Å². The molecule has 0 unspecified atom stereocenters. The van der Waals surface area contributed by atoms with Gasteiger partial charge in [-0.2, -0.15) is 9.78 Å². The second-order valence-corrected chi connectivity index (χ2v) is 10.7. The molecule has 2 atom stereocenters. The molecule has 8 nitrogen and oxygen atoms in total. The van der Waals surface area contributed by atoms with E-state index in [0.29, 0.717) is 5.95 Å². The van der Waals surface area contributed by atoms with E-state index >= 15 is 0 Å². The Morgan fingerprint density at radius 2 is 1.83 bits per heavy atom. The summed E-state index contributed by atoms with van der Waals surface area (Å²) in [5.41, 5.74) is 0.504. The van der Waals surface area contributed by atoms with Gasteiger partial charge in [0, 0.05) is 6.20 Å². The second kappa shape index (κ2) is 7.42. The van der Waals surface area contributed by atoms with E-state index in [2.05, 4.69) is 39.1 Å². The van der Waals surface area contributed by atoms with Crippen molar-refractivity contribution in [1.82, 2.24) is 34.9 Å². The molecule has 1 fully saturated rings. The van der Waals surface area contributed by atoms with Gasteiger partial charge in [-0.25, -0.2) is 23.7 Å². The van der Waals surface area contributed by atoms with E-state index in [0.717, 1.165) is 29.8 Å². The summed E-state index contributed by atoms with van der Waals surface area (Å²) < 4.78 is 30.4. The van der Waals surface area contributed by atoms with Crippen LogP contribution in [0.2, 0.25) is 0 Å². The molecule has 0 spiro atoms. The molecule has 2 bridgehead atoms. The average molecular weight is 490 g/mol. The van der Waals surface area contributed by atoms with Crippen molar-refractivity contribution in [3.05, 3.63) is 77.3 Å². The summed E-state index contributed by atoms with van der Waals surface area (Å²) >= 11 is 0. The van der Waals surface area contributed by atoms with Crippen molar-refractivity contribution in [2.24, 2.45) is 5.41 Å². The number of aromatic nitrogens is 7. The quantitative estimate of drug-likeness (QED) is 0.458. The van der Waals surface area contributed by atoms with Crippen molar-refractivity contribution >= 4 is 0 Å².